The van der Waals surface area contributed by atoms with Crippen molar-refractivity contribution >= 4 is 0 Å². The van der Waals surface area contributed by atoms with Gasteiger partial charge < -0.3 is 0 Å². The van der Waals surface area contributed by atoms with E-state index in [0.717, 1.165) is 17.8 Å². The lowest BCUT2D eigenvalue weighted by atomic mass is 9.70. The van der Waals surface area contributed by atoms with Gasteiger partial charge in [0.05, 0.1) is 0 Å². The Balaban J connectivity index is 2.24. The van der Waals surface area contributed by atoms with Gasteiger partial charge in [0, 0.05) is 0 Å². The minimum absolute atomic E-state index is 0.821. The normalized spacial score (nSPS) is 35.9. The van der Waals surface area contributed by atoms with Gasteiger partial charge in [0.25, 0.3) is 0 Å². The summed E-state index contributed by atoms with van der Waals surface area (Å²) in [6.07, 6.45) is 7.40. The van der Waals surface area contributed by atoms with E-state index < -0.39 is 0 Å². The van der Waals surface area contributed by atoms with Gasteiger partial charge in [-0.15, -0.1) is 0 Å². The zero-order valence-corrected chi connectivity index (χ0v) is 7.30. The molecule has 0 aromatic heterocycles. The van der Waals surface area contributed by atoms with Crippen LogP contribution in [0.4, 0.5) is 0 Å². The monoisotopic (exact) mass is 138 g/mol. The van der Waals surface area contributed by atoms with Crippen molar-refractivity contribution in [2.75, 3.05) is 0 Å². The summed E-state index contributed by atoms with van der Waals surface area (Å²) in [5.41, 5.74) is 0. The average Bonchev–Trinajstić information content (AvgIpc) is 1.82. The van der Waals surface area contributed by atoms with E-state index in [1.54, 1.807) is 0 Å². The van der Waals surface area contributed by atoms with Crippen LogP contribution in [0.5, 0.6) is 0 Å². The maximum Gasteiger partial charge on any atom is -0.0233 e. The quantitative estimate of drug-likeness (QED) is 0.514. The summed E-state index contributed by atoms with van der Waals surface area (Å²) in [6.45, 7) is 6.79. The van der Waals surface area contributed by atoms with Gasteiger partial charge in [0.1, 0.15) is 0 Å². The Kier molecular flexibility index (Phi) is 2.53. The predicted octanol–water partition coefficient (Wildman–Crippen LogP) is 3.24. The zero-order chi connectivity index (χ0) is 7.56. The van der Waals surface area contributed by atoms with Crippen molar-refractivity contribution in [3.8, 4) is 0 Å². The van der Waals surface area contributed by atoms with Gasteiger partial charge in [-0.1, -0.05) is 26.0 Å². The van der Waals surface area contributed by atoms with Crippen LogP contribution in [-0.2, 0) is 0 Å². The van der Waals surface area contributed by atoms with Crippen LogP contribution in [0.1, 0.15) is 33.6 Å². The third-order valence-electron chi connectivity index (χ3n) is 2.65. The molecule has 1 aliphatic carbocycles. The Hall–Kier alpha value is -0.260. The lowest BCUT2D eigenvalue weighted by molar-refractivity contribution is 0.170. The summed E-state index contributed by atoms with van der Waals surface area (Å²) < 4.78 is 0. The van der Waals surface area contributed by atoms with E-state index in [1.807, 2.05) is 0 Å². The van der Waals surface area contributed by atoms with Crippen molar-refractivity contribution in [2.24, 2.45) is 17.8 Å². The Labute approximate surface area is 64.3 Å². The predicted molar refractivity (Wildman–Crippen MR) is 45.9 cm³/mol. The summed E-state index contributed by atoms with van der Waals surface area (Å²) in [4.78, 5) is 0. The molecule has 1 fully saturated rings. The van der Waals surface area contributed by atoms with Crippen molar-refractivity contribution in [3.63, 3.8) is 0 Å². The lowest BCUT2D eigenvalue weighted by Crippen LogP contribution is -2.25. The molecule has 0 spiro atoms. The smallest absolute Gasteiger partial charge is 0.0233 e. The largest absolute Gasteiger partial charge is 0.0914 e. The summed E-state index contributed by atoms with van der Waals surface area (Å²) in [5.74, 6) is 2.81. The highest BCUT2D eigenvalue weighted by Crippen LogP contribution is 2.38. The van der Waals surface area contributed by atoms with Gasteiger partial charge in [-0.25, -0.2) is 0 Å². The summed E-state index contributed by atoms with van der Waals surface area (Å²) in [5, 5.41) is 0. The van der Waals surface area contributed by atoms with E-state index in [0.29, 0.717) is 0 Å². The Morgan fingerprint density at radius 1 is 1.40 bits per heavy atom. The van der Waals surface area contributed by atoms with Crippen LogP contribution < -0.4 is 0 Å². The molecule has 0 heterocycles. The molecule has 0 nitrogen and oxygen atoms in total. The first kappa shape index (κ1) is 7.84. The molecule has 0 aromatic carbocycles. The Morgan fingerprint density at radius 2 is 2.00 bits per heavy atom. The number of allylic oxidation sites excluding steroid dienone is 2. The molecular formula is C10H18. The van der Waals surface area contributed by atoms with Crippen LogP contribution in [0.25, 0.3) is 0 Å². The molecule has 1 atom stereocenters. The van der Waals surface area contributed by atoms with E-state index in [1.165, 1.54) is 12.8 Å². The van der Waals surface area contributed by atoms with Crippen molar-refractivity contribution in [1.29, 1.82) is 0 Å². The minimum Gasteiger partial charge on any atom is -0.0914 e. The average molecular weight is 138 g/mol. The molecule has 1 rings (SSSR count). The van der Waals surface area contributed by atoms with Gasteiger partial charge in [0.15, 0.2) is 0 Å². The van der Waals surface area contributed by atoms with Gasteiger partial charge in [-0.05, 0) is 37.5 Å². The summed E-state index contributed by atoms with van der Waals surface area (Å²) in [6, 6.07) is 0. The fraction of sp³-hybridized carbons (Fsp3) is 0.800. The molecule has 0 bridgehead atoms. The molecule has 0 radical (unpaired) electrons. The molecule has 0 saturated heterocycles. The minimum atomic E-state index is 0.821. The second-order valence-electron chi connectivity index (χ2n) is 3.72. The zero-order valence-electron chi connectivity index (χ0n) is 7.30. The van der Waals surface area contributed by atoms with Crippen LogP contribution >= 0.6 is 0 Å². The maximum absolute atomic E-state index is 2.35. The standard InChI is InChI=1S/C10H18/c1-4-5-9(3)10-6-8(2)7-10/h4-5,8-10H,6-7H2,1-3H3. The first-order valence-corrected chi connectivity index (χ1v) is 4.37. The van der Waals surface area contributed by atoms with Gasteiger partial charge in [-0.3, -0.25) is 0 Å². The Bertz CT molecular complexity index is 118. The molecule has 1 aliphatic rings. The van der Waals surface area contributed by atoms with Crippen molar-refractivity contribution in [3.05, 3.63) is 12.2 Å². The van der Waals surface area contributed by atoms with E-state index in [2.05, 4.69) is 32.9 Å². The first-order chi connectivity index (χ1) is 4.74. The molecule has 0 aromatic rings. The molecule has 0 aliphatic heterocycles. The second-order valence-corrected chi connectivity index (χ2v) is 3.72. The number of rotatable bonds is 2. The topological polar surface area (TPSA) is 0 Å². The van der Waals surface area contributed by atoms with Crippen LogP contribution in [0.15, 0.2) is 12.2 Å². The van der Waals surface area contributed by atoms with Crippen LogP contribution in [0.3, 0.4) is 0 Å². The number of hydrogen-bond acceptors (Lipinski definition) is 0. The highest BCUT2D eigenvalue weighted by atomic mass is 14.3. The van der Waals surface area contributed by atoms with Crippen LogP contribution in [-0.4, -0.2) is 0 Å². The van der Waals surface area contributed by atoms with Crippen LogP contribution in [0.2, 0.25) is 0 Å². The fourth-order valence-electron chi connectivity index (χ4n) is 1.85. The van der Waals surface area contributed by atoms with Crippen molar-refractivity contribution in [2.45, 2.75) is 33.6 Å². The van der Waals surface area contributed by atoms with Crippen molar-refractivity contribution < 1.29 is 0 Å². The molecule has 10 heavy (non-hydrogen) atoms. The van der Waals surface area contributed by atoms with Gasteiger partial charge in [0.2, 0.25) is 0 Å². The van der Waals surface area contributed by atoms with Crippen molar-refractivity contribution in [1.82, 2.24) is 0 Å². The third kappa shape index (κ3) is 1.62. The van der Waals surface area contributed by atoms with Gasteiger partial charge in [-0.2, -0.15) is 0 Å². The van der Waals surface area contributed by atoms with E-state index >= 15 is 0 Å². The molecule has 58 valence electrons. The lowest BCUT2D eigenvalue weighted by Gasteiger charge is -2.36. The first-order valence-electron chi connectivity index (χ1n) is 4.37. The molecular weight excluding hydrogens is 120 g/mol. The molecule has 0 heteroatoms. The Morgan fingerprint density at radius 3 is 2.40 bits per heavy atom. The van der Waals surface area contributed by atoms with E-state index in [-0.39, 0.29) is 0 Å². The fourth-order valence-corrected chi connectivity index (χ4v) is 1.85. The number of hydrogen-bond donors (Lipinski definition) is 0. The maximum atomic E-state index is 2.35. The second kappa shape index (κ2) is 3.23. The molecule has 1 unspecified atom stereocenters. The third-order valence-corrected chi connectivity index (χ3v) is 2.65. The SMILES string of the molecule is CC=CC(C)C1CC(C)C1. The summed E-state index contributed by atoms with van der Waals surface area (Å²) >= 11 is 0. The molecule has 1 saturated carbocycles. The molecule has 0 amide bonds. The van der Waals surface area contributed by atoms with E-state index in [4.69, 9.17) is 0 Å². The molecule has 0 N–H and O–H groups in total. The highest BCUT2D eigenvalue weighted by molar-refractivity contribution is 4.91. The van der Waals surface area contributed by atoms with Crippen LogP contribution in [0, 0.1) is 17.8 Å². The van der Waals surface area contributed by atoms with Gasteiger partial charge >= 0.3 is 0 Å². The highest BCUT2D eigenvalue weighted by Gasteiger charge is 2.28. The van der Waals surface area contributed by atoms with E-state index in [9.17, 15) is 0 Å². The summed E-state index contributed by atoms with van der Waals surface area (Å²) in [7, 11) is 0.